The number of ether oxygens (including phenoxy) is 2. The van der Waals surface area contributed by atoms with E-state index in [9.17, 15) is 4.79 Å². The maximum absolute atomic E-state index is 13.1. The van der Waals surface area contributed by atoms with Gasteiger partial charge in [-0.25, -0.2) is 4.79 Å². The lowest BCUT2D eigenvalue weighted by atomic mass is 9.97. The van der Waals surface area contributed by atoms with E-state index in [1.807, 2.05) is 24.3 Å². The summed E-state index contributed by atoms with van der Waals surface area (Å²) in [6.45, 7) is 13.3. The molecule has 4 unspecified atom stereocenters. The topological polar surface area (TPSA) is 35.5 Å². The smallest absolute Gasteiger partial charge is 0.342 e. The average molecular weight is 419 g/mol. The van der Waals surface area contributed by atoms with Crippen molar-refractivity contribution in [3.05, 3.63) is 29.8 Å². The molecule has 1 aromatic carbocycles. The summed E-state index contributed by atoms with van der Waals surface area (Å²) < 4.78 is 12.4. The van der Waals surface area contributed by atoms with Crippen LogP contribution in [0.25, 0.3) is 0 Å². The SMILES string of the molecule is CCCCC(CC(C)CC)OC(=O)c1ccccc1OC(CCCC)CC(C)CC. The molecule has 1 rings (SSSR count). The summed E-state index contributed by atoms with van der Waals surface area (Å²) in [6.07, 6.45) is 10.8. The number of esters is 1. The van der Waals surface area contributed by atoms with Crippen molar-refractivity contribution in [1.82, 2.24) is 0 Å². The second-order valence-corrected chi connectivity index (χ2v) is 9.05. The summed E-state index contributed by atoms with van der Waals surface area (Å²) in [5.74, 6) is 1.59. The van der Waals surface area contributed by atoms with E-state index in [1.165, 1.54) is 0 Å². The van der Waals surface area contributed by atoms with Gasteiger partial charge in [-0.3, -0.25) is 0 Å². The van der Waals surface area contributed by atoms with Crippen LogP contribution >= 0.6 is 0 Å². The van der Waals surface area contributed by atoms with Gasteiger partial charge in [0.2, 0.25) is 0 Å². The van der Waals surface area contributed by atoms with Crippen molar-refractivity contribution in [1.29, 1.82) is 0 Å². The number of para-hydroxylation sites is 1. The molecule has 0 bridgehead atoms. The number of carbonyl (C=O) groups is 1. The number of benzene rings is 1. The monoisotopic (exact) mass is 418 g/mol. The zero-order valence-corrected chi connectivity index (χ0v) is 20.4. The van der Waals surface area contributed by atoms with Gasteiger partial charge in [-0.2, -0.15) is 0 Å². The fourth-order valence-corrected chi connectivity index (χ4v) is 3.68. The van der Waals surface area contributed by atoms with Crippen LogP contribution in [-0.4, -0.2) is 18.2 Å². The van der Waals surface area contributed by atoms with Crippen molar-refractivity contribution >= 4 is 5.97 Å². The number of carbonyl (C=O) groups excluding carboxylic acids is 1. The van der Waals surface area contributed by atoms with E-state index in [2.05, 4.69) is 41.5 Å². The number of hydrogen-bond donors (Lipinski definition) is 0. The summed E-state index contributed by atoms with van der Waals surface area (Å²) in [4.78, 5) is 13.1. The van der Waals surface area contributed by atoms with Gasteiger partial charge in [0.15, 0.2) is 0 Å². The summed E-state index contributed by atoms with van der Waals surface area (Å²) in [5, 5.41) is 0. The van der Waals surface area contributed by atoms with E-state index in [0.717, 1.165) is 64.2 Å². The Kier molecular flexibility index (Phi) is 13.5. The first-order chi connectivity index (χ1) is 14.4. The van der Waals surface area contributed by atoms with E-state index in [0.29, 0.717) is 23.1 Å². The predicted molar refractivity (Wildman–Crippen MR) is 127 cm³/mol. The van der Waals surface area contributed by atoms with Crippen molar-refractivity contribution in [3.8, 4) is 5.75 Å². The average Bonchev–Trinajstić information content (AvgIpc) is 2.75. The fraction of sp³-hybridized carbons (Fsp3) is 0.741. The molecular weight excluding hydrogens is 372 g/mol. The molecule has 0 amide bonds. The lowest BCUT2D eigenvalue weighted by Crippen LogP contribution is -2.23. The molecule has 0 aliphatic heterocycles. The lowest BCUT2D eigenvalue weighted by molar-refractivity contribution is 0.0212. The van der Waals surface area contributed by atoms with Gasteiger partial charge < -0.3 is 9.47 Å². The van der Waals surface area contributed by atoms with Gasteiger partial charge in [0, 0.05) is 0 Å². The van der Waals surface area contributed by atoms with Crippen LogP contribution in [0.2, 0.25) is 0 Å². The van der Waals surface area contributed by atoms with Gasteiger partial charge >= 0.3 is 5.97 Å². The van der Waals surface area contributed by atoms with E-state index in [1.54, 1.807) is 0 Å². The van der Waals surface area contributed by atoms with Crippen molar-refractivity contribution in [3.63, 3.8) is 0 Å². The van der Waals surface area contributed by atoms with Crippen LogP contribution in [0, 0.1) is 11.8 Å². The largest absolute Gasteiger partial charge is 0.490 e. The van der Waals surface area contributed by atoms with Gasteiger partial charge in [0.1, 0.15) is 17.4 Å². The van der Waals surface area contributed by atoms with Crippen LogP contribution in [0.15, 0.2) is 24.3 Å². The molecular formula is C27H46O3. The summed E-state index contributed by atoms with van der Waals surface area (Å²) in [5.41, 5.74) is 0.564. The highest BCUT2D eigenvalue weighted by atomic mass is 16.5. The Morgan fingerprint density at radius 3 is 1.93 bits per heavy atom. The van der Waals surface area contributed by atoms with Gasteiger partial charge in [-0.15, -0.1) is 0 Å². The van der Waals surface area contributed by atoms with Gasteiger partial charge in [0.05, 0.1) is 6.10 Å². The lowest BCUT2D eigenvalue weighted by Gasteiger charge is -2.24. The first kappa shape index (κ1) is 26.5. The molecule has 0 aromatic heterocycles. The molecule has 4 atom stereocenters. The highest BCUT2D eigenvalue weighted by molar-refractivity contribution is 5.92. The third-order valence-electron chi connectivity index (χ3n) is 6.16. The Hall–Kier alpha value is -1.51. The van der Waals surface area contributed by atoms with Crippen molar-refractivity contribution in [2.75, 3.05) is 0 Å². The first-order valence-corrected chi connectivity index (χ1v) is 12.4. The molecule has 0 aliphatic rings. The molecule has 0 radical (unpaired) electrons. The summed E-state index contributed by atoms with van der Waals surface area (Å²) >= 11 is 0. The van der Waals surface area contributed by atoms with Gasteiger partial charge in [-0.05, 0) is 49.7 Å². The van der Waals surface area contributed by atoms with Crippen LogP contribution in [0.5, 0.6) is 5.75 Å². The highest BCUT2D eigenvalue weighted by Gasteiger charge is 2.22. The molecule has 0 aliphatic carbocycles. The van der Waals surface area contributed by atoms with Crippen LogP contribution in [0.1, 0.15) is 116 Å². The van der Waals surface area contributed by atoms with Crippen LogP contribution < -0.4 is 4.74 Å². The zero-order chi connectivity index (χ0) is 22.4. The molecule has 0 spiro atoms. The zero-order valence-electron chi connectivity index (χ0n) is 20.4. The van der Waals surface area contributed by atoms with Crippen LogP contribution in [0.4, 0.5) is 0 Å². The van der Waals surface area contributed by atoms with E-state index >= 15 is 0 Å². The molecule has 3 nitrogen and oxygen atoms in total. The van der Waals surface area contributed by atoms with E-state index in [-0.39, 0.29) is 18.2 Å². The van der Waals surface area contributed by atoms with Crippen molar-refractivity contribution in [2.45, 2.75) is 118 Å². The molecule has 1 aromatic rings. The molecule has 0 N–H and O–H groups in total. The Morgan fingerprint density at radius 1 is 0.833 bits per heavy atom. The van der Waals surface area contributed by atoms with E-state index in [4.69, 9.17) is 9.47 Å². The Morgan fingerprint density at radius 2 is 1.37 bits per heavy atom. The standard InChI is InChI=1S/C27H46O3/c1-7-11-15-23(19-21(5)9-3)29-26-18-14-13-17-25(26)27(28)30-24(16-12-8-2)20-22(6)10-4/h13-14,17-18,21-24H,7-12,15-16,19-20H2,1-6H3. The van der Waals surface area contributed by atoms with Crippen molar-refractivity contribution < 1.29 is 14.3 Å². The third-order valence-corrected chi connectivity index (χ3v) is 6.16. The fourth-order valence-electron chi connectivity index (χ4n) is 3.68. The molecule has 0 heterocycles. The minimum Gasteiger partial charge on any atom is -0.490 e. The van der Waals surface area contributed by atoms with Gasteiger partial charge in [-0.1, -0.05) is 92.2 Å². The second kappa shape index (κ2) is 15.3. The quantitative estimate of drug-likeness (QED) is 0.254. The Labute approximate surface area is 185 Å². The number of unbranched alkanes of at least 4 members (excludes halogenated alkanes) is 2. The molecule has 0 fully saturated rings. The summed E-state index contributed by atoms with van der Waals surface area (Å²) in [7, 11) is 0. The summed E-state index contributed by atoms with van der Waals surface area (Å²) in [6, 6.07) is 7.61. The van der Waals surface area contributed by atoms with Crippen molar-refractivity contribution in [2.24, 2.45) is 11.8 Å². The maximum Gasteiger partial charge on any atom is 0.342 e. The van der Waals surface area contributed by atoms with Gasteiger partial charge in [0.25, 0.3) is 0 Å². The van der Waals surface area contributed by atoms with E-state index < -0.39 is 0 Å². The molecule has 3 heteroatoms. The van der Waals surface area contributed by atoms with Crippen LogP contribution in [0.3, 0.4) is 0 Å². The molecule has 30 heavy (non-hydrogen) atoms. The number of hydrogen-bond acceptors (Lipinski definition) is 3. The minimum absolute atomic E-state index is 0.0172. The Bertz CT molecular complexity index is 583. The normalized spacial score (nSPS) is 15.3. The first-order valence-electron chi connectivity index (χ1n) is 12.4. The number of rotatable bonds is 16. The maximum atomic E-state index is 13.1. The molecule has 0 saturated carbocycles. The predicted octanol–water partition coefficient (Wildman–Crippen LogP) is 8.21. The molecule has 0 saturated heterocycles. The molecule has 172 valence electrons. The Balaban J connectivity index is 2.93. The van der Waals surface area contributed by atoms with Crippen LogP contribution in [-0.2, 0) is 4.74 Å². The minimum atomic E-state index is -0.243. The second-order valence-electron chi connectivity index (χ2n) is 9.05. The third kappa shape index (κ3) is 10.00. The highest BCUT2D eigenvalue weighted by Crippen LogP contribution is 2.27.